The summed E-state index contributed by atoms with van der Waals surface area (Å²) in [6.45, 7) is 0.689. The highest BCUT2D eigenvalue weighted by molar-refractivity contribution is 7.90. The highest BCUT2D eigenvalue weighted by atomic mass is 32.2. The van der Waals surface area contributed by atoms with E-state index in [9.17, 15) is 22.8 Å². The highest BCUT2D eigenvalue weighted by Gasteiger charge is 2.33. The molecule has 2 heterocycles. The zero-order chi connectivity index (χ0) is 26.3. The van der Waals surface area contributed by atoms with E-state index in [1.807, 2.05) is 0 Å². The van der Waals surface area contributed by atoms with E-state index in [1.54, 1.807) is 54.6 Å². The summed E-state index contributed by atoms with van der Waals surface area (Å²) < 4.78 is 41.7. The number of fused-ring (bicyclic) bond motifs is 1. The molecule has 2 aromatic carbocycles. The maximum Gasteiger partial charge on any atom is 0.408 e. The van der Waals surface area contributed by atoms with Crippen LogP contribution in [0.25, 0.3) is 11.1 Å². The summed E-state index contributed by atoms with van der Waals surface area (Å²) in [4.78, 5) is 43.5. The summed E-state index contributed by atoms with van der Waals surface area (Å²) in [5.41, 5.74) is 1.70. The smallest absolute Gasteiger partial charge is 0.408 e. The molecule has 3 aromatic rings. The number of nitrogens with zero attached hydrogens (tertiary/aromatic N) is 2. The Morgan fingerprint density at radius 3 is 2.46 bits per heavy atom. The monoisotopic (exact) mass is 529 g/mol. The molecule has 11 nitrogen and oxygen atoms in total. The number of amides is 2. The van der Waals surface area contributed by atoms with Gasteiger partial charge in [0.15, 0.2) is 27.3 Å². The van der Waals surface area contributed by atoms with E-state index in [-0.39, 0.29) is 31.2 Å². The quantitative estimate of drug-likeness (QED) is 0.413. The van der Waals surface area contributed by atoms with Crippen molar-refractivity contribution in [2.75, 3.05) is 38.6 Å². The van der Waals surface area contributed by atoms with Crippen molar-refractivity contribution in [1.82, 2.24) is 15.2 Å². The molecule has 1 aliphatic rings. The van der Waals surface area contributed by atoms with Gasteiger partial charge in [0.05, 0.1) is 37.7 Å². The van der Waals surface area contributed by atoms with Crippen molar-refractivity contribution in [2.24, 2.45) is 0 Å². The second-order valence-electron chi connectivity index (χ2n) is 8.52. The molecule has 1 aliphatic heterocycles. The van der Waals surface area contributed by atoms with Crippen LogP contribution in [-0.4, -0.2) is 80.8 Å². The molecule has 1 atom stereocenters. The number of morpholine rings is 1. The van der Waals surface area contributed by atoms with Crippen LogP contribution < -0.4 is 5.32 Å². The third-order valence-electron chi connectivity index (χ3n) is 5.60. The van der Waals surface area contributed by atoms with E-state index < -0.39 is 46.0 Å². The van der Waals surface area contributed by atoms with Gasteiger partial charge < -0.3 is 24.1 Å². The van der Waals surface area contributed by atoms with E-state index in [1.165, 1.54) is 4.90 Å². The van der Waals surface area contributed by atoms with Gasteiger partial charge in [-0.25, -0.2) is 18.2 Å². The lowest BCUT2D eigenvalue weighted by Gasteiger charge is -2.30. The number of hydrogen-bond donors (Lipinski definition) is 1. The number of carbonyl (C=O) groups is 3. The van der Waals surface area contributed by atoms with Gasteiger partial charge in [-0.05, 0) is 17.7 Å². The van der Waals surface area contributed by atoms with Gasteiger partial charge in [-0.15, -0.1) is 0 Å². The summed E-state index contributed by atoms with van der Waals surface area (Å²) in [5.74, 6) is -1.84. The number of hydrogen-bond acceptors (Lipinski definition) is 9. The molecule has 0 aliphatic carbocycles. The average Bonchev–Trinajstić information content (AvgIpc) is 3.29. The van der Waals surface area contributed by atoms with Crippen LogP contribution in [0.3, 0.4) is 0 Å². The molecule has 1 aromatic heterocycles. The Hall–Kier alpha value is -3.77. The Labute approximate surface area is 213 Å². The van der Waals surface area contributed by atoms with Crippen LogP contribution in [0.1, 0.15) is 11.5 Å². The molecule has 1 N–H and O–H groups in total. The molecule has 2 amide bonds. The van der Waals surface area contributed by atoms with Crippen molar-refractivity contribution in [3.63, 3.8) is 0 Å². The van der Waals surface area contributed by atoms with E-state index in [2.05, 4.69) is 10.3 Å². The van der Waals surface area contributed by atoms with E-state index in [4.69, 9.17) is 13.9 Å². The van der Waals surface area contributed by atoms with Crippen LogP contribution in [-0.2, 0) is 41.1 Å². The Morgan fingerprint density at radius 1 is 1.03 bits per heavy atom. The number of para-hydroxylation sites is 2. The summed E-state index contributed by atoms with van der Waals surface area (Å²) in [7, 11) is -3.82. The normalized spacial score (nSPS) is 14.8. The largest absolute Gasteiger partial charge is 0.440 e. The number of carbonyl (C=O) groups excluding carboxylic acids is 3. The molecule has 12 heteroatoms. The standard InChI is InChI=1S/C25H27N3O8S/c29-19(14-23-27-20-8-4-5-9-21(20)35-23)15-26-25(31)36-22(24(30)28-10-12-34-13-11-28)17-37(32,33)16-18-6-2-1-3-7-18/h1-9,22H,10-17H2,(H,26,31)/t22-/m1/s1. The van der Waals surface area contributed by atoms with Crippen molar-refractivity contribution < 1.29 is 36.7 Å². The lowest BCUT2D eigenvalue weighted by atomic mass is 10.2. The van der Waals surface area contributed by atoms with Gasteiger partial charge in [0.25, 0.3) is 5.91 Å². The Kier molecular flexibility index (Phi) is 8.51. The van der Waals surface area contributed by atoms with Gasteiger partial charge in [0.2, 0.25) is 5.89 Å². The third kappa shape index (κ3) is 7.61. The summed E-state index contributed by atoms with van der Waals surface area (Å²) >= 11 is 0. The lowest BCUT2D eigenvalue weighted by molar-refractivity contribution is -0.143. The van der Waals surface area contributed by atoms with Crippen LogP contribution in [0, 0.1) is 0 Å². The van der Waals surface area contributed by atoms with E-state index >= 15 is 0 Å². The Bertz CT molecular complexity index is 1320. The fourth-order valence-corrected chi connectivity index (χ4v) is 5.32. The van der Waals surface area contributed by atoms with Gasteiger partial charge in [-0.3, -0.25) is 9.59 Å². The van der Waals surface area contributed by atoms with Gasteiger partial charge in [-0.2, -0.15) is 0 Å². The fourth-order valence-electron chi connectivity index (χ4n) is 3.83. The van der Waals surface area contributed by atoms with E-state index in [0.717, 1.165) is 0 Å². The van der Waals surface area contributed by atoms with Crippen LogP contribution in [0.4, 0.5) is 4.79 Å². The van der Waals surface area contributed by atoms with Gasteiger partial charge in [0, 0.05) is 13.1 Å². The number of rotatable bonds is 10. The number of sulfone groups is 1. The zero-order valence-electron chi connectivity index (χ0n) is 20.0. The number of benzene rings is 2. The highest BCUT2D eigenvalue weighted by Crippen LogP contribution is 2.15. The Morgan fingerprint density at radius 2 is 1.73 bits per heavy atom. The predicted octanol–water partition coefficient (Wildman–Crippen LogP) is 1.51. The SMILES string of the molecule is O=C(CNC(=O)O[C@H](CS(=O)(=O)Cc1ccccc1)C(=O)N1CCOCC1)Cc1nc2ccccc2o1. The number of aromatic nitrogens is 1. The first kappa shape index (κ1) is 26.3. The first-order valence-corrected chi connectivity index (χ1v) is 13.5. The minimum Gasteiger partial charge on any atom is -0.440 e. The predicted molar refractivity (Wildman–Crippen MR) is 132 cm³/mol. The van der Waals surface area contributed by atoms with Crippen molar-refractivity contribution in [1.29, 1.82) is 0 Å². The summed E-state index contributed by atoms with van der Waals surface area (Å²) in [6.07, 6.45) is -2.80. The lowest BCUT2D eigenvalue weighted by Crippen LogP contribution is -2.50. The maximum atomic E-state index is 13.0. The molecule has 0 spiro atoms. The van der Waals surface area contributed by atoms with Crippen LogP contribution in [0.5, 0.6) is 0 Å². The molecular formula is C25H27N3O8S. The molecular weight excluding hydrogens is 502 g/mol. The molecule has 0 radical (unpaired) electrons. The van der Waals surface area contributed by atoms with Crippen molar-refractivity contribution in [2.45, 2.75) is 18.3 Å². The first-order valence-electron chi connectivity index (χ1n) is 11.7. The van der Waals surface area contributed by atoms with E-state index in [0.29, 0.717) is 29.9 Å². The molecule has 0 unspecified atom stereocenters. The molecule has 0 bridgehead atoms. The summed E-state index contributed by atoms with van der Waals surface area (Å²) in [6, 6.07) is 15.6. The Balaban J connectivity index is 1.36. The first-order chi connectivity index (χ1) is 17.8. The molecule has 37 heavy (non-hydrogen) atoms. The average molecular weight is 530 g/mol. The van der Waals surface area contributed by atoms with Crippen molar-refractivity contribution in [3.8, 4) is 0 Å². The van der Waals surface area contributed by atoms with Gasteiger partial charge in [-0.1, -0.05) is 42.5 Å². The van der Waals surface area contributed by atoms with Crippen molar-refractivity contribution in [3.05, 3.63) is 66.1 Å². The van der Waals surface area contributed by atoms with Crippen molar-refractivity contribution >= 4 is 38.7 Å². The minimum atomic E-state index is -3.82. The number of ketones is 1. The molecule has 1 saturated heterocycles. The minimum absolute atomic E-state index is 0.156. The molecule has 1 fully saturated rings. The number of ether oxygens (including phenoxy) is 2. The topological polar surface area (TPSA) is 145 Å². The molecule has 0 saturated carbocycles. The second-order valence-corrected chi connectivity index (χ2v) is 10.6. The molecule has 196 valence electrons. The van der Waals surface area contributed by atoms with Crippen LogP contribution in [0.15, 0.2) is 59.0 Å². The third-order valence-corrected chi connectivity index (χ3v) is 7.18. The number of oxazole rings is 1. The number of alkyl carbamates (subject to hydrolysis) is 1. The number of nitrogens with one attached hydrogen (secondary N) is 1. The number of Topliss-reactive ketones (excluding diaryl/α,β-unsaturated/α-hetero) is 1. The van der Waals surface area contributed by atoms with Crippen LogP contribution in [0.2, 0.25) is 0 Å². The van der Waals surface area contributed by atoms with Gasteiger partial charge >= 0.3 is 6.09 Å². The zero-order valence-corrected chi connectivity index (χ0v) is 20.8. The fraction of sp³-hybridized carbons (Fsp3) is 0.360. The second kappa shape index (κ2) is 12.0. The molecule has 4 rings (SSSR count). The van der Waals surface area contributed by atoms with Gasteiger partial charge in [0.1, 0.15) is 5.52 Å². The van der Waals surface area contributed by atoms with Crippen LogP contribution >= 0.6 is 0 Å². The summed E-state index contributed by atoms with van der Waals surface area (Å²) in [5, 5.41) is 2.29. The maximum absolute atomic E-state index is 13.0.